The molecule has 0 aromatic rings. The summed E-state index contributed by atoms with van der Waals surface area (Å²) in [4.78, 5) is 2.31. The zero-order chi connectivity index (χ0) is 7.56. The average molecular weight is 144 g/mol. The Bertz CT molecular complexity index is 108. The Hall–Kier alpha value is -0.120. The molecule has 0 aromatic heterocycles. The second-order valence-electron chi connectivity index (χ2n) is 3.18. The van der Waals surface area contributed by atoms with Crippen molar-refractivity contribution >= 4 is 0 Å². The van der Waals surface area contributed by atoms with Crippen molar-refractivity contribution in [2.45, 2.75) is 31.8 Å². The molecule has 0 amide bonds. The summed E-state index contributed by atoms with van der Waals surface area (Å²) in [6, 6.07) is 0.907. The molecule has 1 aliphatic rings. The van der Waals surface area contributed by atoms with E-state index in [4.69, 9.17) is 5.21 Å². The summed E-state index contributed by atoms with van der Waals surface area (Å²) in [6.07, 6.45) is 2.10. The van der Waals surface area contributed by atoms with Gasteiger partial charge in [0.15, 0.2) is 0 Å². The van der Waals surface area contributed by atoms with Crippen molar-refractivity contribution in [3.63, 3.8) is 0 Å². The molecule has 1 rings (SSSR count). The van der Waals surface area contributed by atoms with E-state index in [0.29, 0.717) is 12.1 Å². The van der Waals surface area contributed by atoms with Crippen molar-refractivity contribution in [3.05, 3.63) is 0 Å². The van der Waals surface area contributed by atoms with E-state index in [1.54, 1.807) is 0 Å². The highest BCUT2D eigenvalue weighted by Gasteiger charge is 2.21. The van der Waals surface area contributed by atoms with Gasteiger partial charge in [0.1, 0.15) is 0 Å². The number of hydrogen-bond donors (Lipinski definition) is 2. The van der Waals surface area contributed by atoms with Crippen molar-refractivity contribution in [1.82, 2.24) is 10.4 Å². The maximum absolute atomic E-state index is 8.63. The lowest BCUT2D eigenvalue weighted by molar-refractivity contribution is 0.0694. The van der Waals surface area contributed by atoms with Gasteiger partial charge < -0.3 is 10.1 Å². The predicted octanol–water partition coefficient (Wildman–Crippen LogP) is 0.448. The molecule has 0 aliphatic carbocycles. The van der Waals surface area contributed by atoms with E-state index < -0.39 is 0 Å². The third kappa shape index (κ3) is 1.68. The molecule has 3 nitrogen and oxygen atoms in total. The first kappa shape index (κ1) is 7.98. The SMILES string of the molecule is CC1CC(NO)CCN1C. The fraction of sp³-hybridized carbons (Fsp3) is 1.00. The molecule has 0 radical (unpaired) electrons. The Morgan fingerprint density at radius 1 is 1.60 bits per heavy atom. The fourth-order valence-electron chi connectivity index (χ4n) is 1.41. The van der Waals surface area contributed by atoms with Gasteiger partial charge in [-0.1, -0.05) is 0 Å². The molecule has 2 N–H and O–H groups in total. The third-order valence-corrected chi connectivity index (χ3v) is 2.39. The highest BCUT2D eigenvalue weighted by Crippen LogP contribution is 2.14. The molecule has 3 heteroatoms. The van der Waals surface area contributed by atoms with Gasteiger partial charge in [0, 0.05) is 12.1 Å². The average Bonchev–Trinajstić information content (AvgIpc) is 1.95. The largest absolute Gasteiger partial charge is 0.317 e. The molecular formula is C7H16N2O. The Morgan fingerprint density at radius 3 is 2.80 bits per heavy atom. The van der Waals surface area contributed by atoms with Crippen molar-refractivity contribution < 1.29 is 5.21 Å². The van der Waals surface area contributed by atoms with E-state index in [-0.39, 0.29) is 0 Å². The summed E-state index contributed by atoms with van der Waals surface area (Å²) >= 11 is 0. The molecule has 0 aromatic carbocycles. The standard InChI is InChI=1S/C7H16N2O/c1-6-5-7(8-10)3-4-9(6)2/h6-8,10H,3-5H2,1-2H3. The predicted molar refractivity (Wildman–Crippen MR) is 40.0 cm³/mol. The number of hydroxylamine groups is 1. The number of hydrogen-bond acceptors (Lipinski definition) is 3. The van der Waals surface area contributed by atoms with E-state index in [9.17, 15) is 0 Å². The summed E-state index contributed by atoms with van der Waals surface area (Å²) in [5.74, 6) is 0. The van der Waals surface area contributed by atoms with Crippen LogP contribution in [-0.2, 0) is 0 Å². The highest BCUT2D eigenvalue weighted by molar-refractivity contribution is 4.78. The minimum Gasteiger partial charge on any atom is -0.317 e. The molecule has 1 fully saturated rings. The molecule has 1 saturated heterocycles. The molecule has 10 heavy (non-hydrogen) atoms. The van der Waals surface area contributed by atoms with E-state index >= 15 is 0 Å². The van der Waals surface area contributed by atoms with Crippen LogP contribution in [0.2, 0.25) is 0 Å². The van der Waals surface area contributed by atoms with Crippen molar-refractivity contribution in [2.75, 3.05) is 13.6 Å². The lowest BCUT2D eigenvalue weighted by Gasteiger charge is -2.34. The first-order valence-corrected chi connectivity index (χ1v) is 3.84. The van der Waals surface area contributed by atoms with E-state index in [0.717, 1.165) is 19.4 Å². The van der Waals surface area contributed by atoms with Crippen LogP contribution >= 0.6 is 0 Å². The van der Waals surface area contributed by atoms with Gasteiger partial charge in [-0.25, -0.2) is 5.48 Å². The number of piperidine rings is 1. The summed E-state index contributed by atoms with van der Waals surface area (Å²) in [7, 11) is 2.12. The quantitative estimate of drug-likeness (QED) is 0.524. The van der Waals surface area contributed by atoms with Crippen LogP contribution in [0.15, 0.2) is 0 Å². The van der Waals surface area contributed by atoms with Crippen LogP contribution < -0.4 is 5.48 Å². The smallest absolute Gasteiger partial charge is 0.0346 e. The summed E-state index contributed by atoms with van der Waals surface area (Å²) < 4.78 is 0. The molecule has 60 valence electrons. The number of rotatable bonds is 1. The van der Waals surface area contributed by atoms with Gasteiger partial charge in [-0.3, -0.25) is 0 Å². The van der Waals surface area contributed by atoms with E-state index in [1.807, 2.05) is 0 Å². The van der Waals surface area contributed by atoms with Crippen molar-refractivity contribution in [1.29, 1.82) is 0 Å². The Balaban J connectivity index is 2.33. The topological polar surface area (TPSA) is 35.5 Å². The van der Waals surface area contributed by atoms with E-state index in [2.05, 4.69) is 24.4 Å². The molecule has 2 atom stereocenters. The molecule has 0 saturated carbocycles. The van der Waals surface area contributed by atoms with Crippen LogP contribution in [0.1, 0.15) is 19.8 Å². The van der Waals surface area contributed by atoms with Crippen LogP contribution in [0.3, 0.4) is 0 Å². The van der Waals surface area contributed by atoms with Gasteiger partial charge in [0.05, 0.1) is 0 Å². The molecular weight excluding hydrogens is 128 g/mol. The van der Waals surface area contributed by atoms with E-state index in [1.165, 1.54) is 0 Å². The Kier molecular flexibility index (Phi) is 2.65. The van der Waals surface area contributed by atoms with Crippen LogP contribution in [0.25, 0.3) is 0 Å². The van der Waals surface area contributed by atoms with Crippen molar-refractivity contribution in [3.8, 4) is 0 Å². The maximum atomic E-state index is 8.63. The molecule has 0 spiro atoms. The highest BCUT2D eigenvalue weighted by atomic mass is 16.5. The zero-order valence-corrected chi connectivity index (χ0v) is 6.67. The van der Waals surface area contributed by atoms with Gasteiger partial charge >= 0.3 is 0 Å². The second kappa shape index (κ2) is 3.32. The third-order valence-electron chi connectivity index (χ3n) is 2.39. The minimum atomic E-state index is 0.311. The van der Waals surface area contributed by atoms with Gasteiger partial charge in [0.2, 0.25) is 0 Å². The zero-order valence-electron chi connectivity index (χ0n) is 6.67. The number of likely N-dealkylation sites (tertiary alicyclic amines) is 1. The Morgan fingerprint density at radius 2 is 2.30 bits per heavy atom. The van der Waals surface area contributed by atoms with Crippen LogP contribution in [-0.4, -0.2) is 35.8 Å². The first-order chi connectivity index (χ1) is 4.74. The monoisotopic (exact) mass is 144 g/mol. The normalized spacial score (nSPS) is 36.3. The first-order valence-electron chi connectivity index (χ1n) is 3.84. The van der Waals surface area contributed by atoms with Crippen LogP contribution in [0.4, 0.5) is 0 Å². The summed E-state index contributed by atoms with van der Waals surface area (Å²) in [5, 5.41) is 8.63. The van der Waals surface area contributed by atoms with Gasteiger partial charge in [-0.05, 0) is 33.4 Å². The van der Waals surface area contributed by atoms with Crippen LogP contribution in [0.5, 0.6) is 0 Å². The van der Waals surface area contributed by atoms with Crippen LogP contribution in [0, 0.1) is 0 Å². The fourth-order valence-corrected chi connectivity index (χ4v) is 1.41. The summed E-state index contributed by atoms with van der Waals surface area (Å²) in [6.45, 7) is 3.27. The molecule has 1 heterocycles. The molecule has 1 aliphatic heterocycles. The minimum absolute atomic E-state index is 0.311. The van der Waals surface area contributed by atoms with Gasteiger partial charge in [-0.2, -0.15) is 0 Å². The molecule has 2 unspecified atom stereocenters. The van der Waals surface area contributed by atoms with Crippen molar-refractivity contribution in [2.24, 2.45) is 0 Å². The second-order valence-corrected chi connectivity index (χ2v) is 3.18. The Labute approximate surface area is 62.0 Å². The van der Waals surface area contributed by atoms with Gasteiger partial charge in [0.25, 0.3) is 0 Å². The number of nitrogens with zero attached hydrogens (tertiary/aromatic N) is 1. The lowest BCUT2D eigenvalue weighted by Crippen LogP contribution is -2.44. The lowest BCUT2D eigenvalue weighted by atomic mass is 10.00. The van der Waals surface area contributed by atoms with Gasteiger partial charge in [-0.15, -0.1) is 0 Å². The number of nitrogens with one attached hydrogen (secondary N) is 1. The molecule has 0 bridgehead atoms. The summed E-state index contributed by atoms with van der Waals surface area (Å²) in [5.41, 5.74) is 2.33. The maximum Gasteiger partial charge on any atom is 0.0346 e.